The molecule has 10 heteroatoms. The summed E-state index contributed by atoms with van der Waals surface area (Å²) in [4.78, 5) is 35.9. The van der Waals surface area contributed by atoms with Crippen LogP contribution in [0.25, 0.3) is 0 Å². The van der Waals surface area contributed by atoms with E-state index in [1.165, 1.54) is 12.3 Å². The van der Waals surface area contributed by atoms with E-state index >= 15 is 0 Å². The Morgan fingerprint density at radius 1 is 0.879 bits per heavy atom. The number of hydrogen-bond acceptors (Lipinski definition) is 4. The number of amides is 2. The van der Waals surface area contributed by atoms with Crippen molar-refractivity contribution in [3.63, 3.8) is 0 Å². The topological polar surface area (TPSA) is 86.7 Å². The summed E-state index contributed by atoms with van der Waals surface area (Å²) in [5, 5.41) is 6.40. The van der Waals surface area contributed by atoms with E-state index in [9.17, 15) is 9.59 Å². The maximum Gasteiger partial charge on any atom is 0.258 e. The molecule has 0 saturated heterocycles. The number of hydrogen-bond donors (Lipinski definition) is 2. The van der Waals surface area contributed by atoms with Gasteiger partial charge in [0.1, 0.15) is 11.7 Å². The summed E-state index contributed by atoms with van der Waals surface area (Å²) in [7, 11) is 5.41. The number of aliphatic imine (C=N–C) groups is 1. The molecule has 0 aliphatic heterocycles. The molecule has 2 aromatic carbocycles. The number of pyridine rings is 1. The SMILES string of the molecule is C/N=C(/c1ccc(C(=O)Nc2ccc(Cl)cc2C(=O)Nc2ccc(Cl)cn2)c(Cl)c1)N(C)C. The van der Waals surface area contributed by atoms with Gasteiger partial charge in [-0.1, -0.05) is 40.9 Å². The van der Waals surface area contributed by atoms with Crippen molar-refractivity contribution >= 4 is 64.0 Å². The van der Waals surface area contributed by atoms with Crippen LogP contribution in [0, 0.1) is 0 Å². The largest absolute Gasteiger partial charge is 0.363 e. The molecule has 0 aliphatic carbocycles. The third kappa shape index (κ3) is 6.01. The summed E-state index contributed by atoms with van der Waals surface area (Å²) in [5.41, 5.74) is 1.44. The van der Waals surface area contributed by atoms with Crippen LogP contribution >= 0.6 is 34.8 Å². The van der Waals surface area contributed by atoms with Gasteiger partial charge in [0.2, 0.25) is 0 Å². The number of carbonyl (C=O) groups excluding carboxylic acids is 2. The van der Waals surface area contributed by atoms with E-state index in [0.717, 1.165) is 11.4 Å². The third-order valence-electron chi connectivity index (χ3n) is 4.55. The number of nitrogens with one attached hydrogen (secondary N) is 2. The van der Waals surface area contributed by atoms with Crippen molar-refractivity contribution in [2.24, 2.45) is 4.99 Å². The van der Waals surface area contributed by atoms with E-state index in [1.54, 1.807) is 49.5 Å². The maximum atomic E-state index is 12.9. The first-order valence-corrected chi connectivity index (χ1v) is 10.8. The molecule has 2 amide bonds. The molecule has 0 fully saturated rings. The van der Waals surface area contributed by atoms with Gasteiger partial charge in [-0.05, 0) is 42.5 Å². The van der Waals surface area contributed by atoms with Crippen LogP contribution in [0.4, 0.5) is 11.5 Å². The monoisotopic (exact) mass is 503 g/mol. The molecular formula is C23H20Cl3N5O2. The highest BCUT2D eigenvalue weighted by Crippen LogP contribution is 2.25. The molecule has 33 heavy (non-hydrogen) atoms. The Morgan fingerprint density at radius 2 is 1.58 bits per heavy atom. The van der Waals surface area contributed by atoms with Crippen molar-refractivity contribution < 1.29 is 9.59 Å². The average Bonchev–Trinajstić information content (AvgIpc) is 2.76. The van der Waals surface area contributed by atoms with E-state index < -0.39 is 11.8 Å². The Bertz CT molecular complexity index is 1230. The number of aromatic nitrogens is 1. The Balaban J connectivity index is 1.85. The number of anilines is 2. The summed E-state index contributed by atoms with van der Waals surface area (Å²) in [5.74, 6) is 0.0390. The van der Waals surface area contributed by atoms with Crippen molar-refractivity contribution in [3.8, 4) is 0 Å². The molecule has 0 aliphatic rings. The first kappa shape index (κ1) is 24.5. The lowest BCUT2D eigenvalue weighted by molar-refractivity contribution is 0.102. The van der Waals surface area contributed by atoms with Crippen LogP contribution in [0.3, 0.4) is 0 Å². The van der Waals surface area contributed by atoms with E-state index in [1.807, 2.05) is 19.0 Å². The molecule has 0 radical (unpaired) electrons. The fourth-order valence-corrected chi connectivity index (χ4v) is 3.61. The zero-order chi connectivity index (χ0) is 24.1. The van der Waals surface area contributed by atoms with Gasteiger partial charge in [-0.25, -0.2) is 4.98 Å². The molecule has 1 aromatic heterocycles. The van der Waals surface area contributed by atoms with Crippen molar-refractivity contribution in [3.05, 3.63) is 86.5 Å². The van der Waals surface area contributed by atoms with Gasteiger partial charge in [0.05, 0.1) is 26.9 Å². The molecule has 2 N–H and O–H groups in total. The van der Waals surface area contributed by atoms with Gasteiger partial charge < -0.3 is 15.5 Å². The minimum absolute atomic E-state index is 0.161. The second kappa shape index (κ2) is 10.7. The Kier molecular flexibility index (Phi) is 7.92. The van der Waals surface area contributed by atoms with Crippen LogP contribution in [0.15, 0.2) is 59.7 Å². The average molecular weight is 505 g/mol. The number of carbonyl (C=O) groups is 2. The van der Waals surface area contributed by atoms with Gasteiger partial charge >= 0.3 is 0 Å². The third-order valence-corrected chi connectivity index (χ3v) is 5.32. The van der Waals surface area contributed by atoms with Crippen molar-refractivity contribution in [1.82, 2.24) is 9.88 Å². The van der Waals surface area contributed by atoms with Crippen LogP contribution in [-0.4, -0.2) is 48.7 Å². The summed E-state index contributed by atoms with van der Waals surface area (Å²) in [6.07, 6.45) is 1.41. The Labute approximate surface area is 206 Å². The smallest absolute Gasteiger partial charge is 0.258 e. The highest BCUT2D eigenvalue weighted by molar-refractivity contribution is 6.35. The zero-order valence-corrected chi connectivity index (χ0v) is 20.3. The van der Waals surface area contributed by atoms with Crippen LogP contribution < -0.4 is 10.6 Å². The molecule has 0 spiro atoms. The predicted octanol–water partition coefficient (Wildman–Crippen LogP) is 5.48. The van der Waals surface area contributed by atoms with Crippen molar-refractivity contribution in [1.29, 1.82) is 0 Å². The number of benzene rings is 2. The standard InChI is InChI=1S/C23H20Cl3N5O2/c1-27-21(31(2)3)13-4-7-16(18(26)10-13)22(32)29-19-8-5-14(24)11-17(19)23(33)30-20-9-6-15(25)12-28-20/h4-12H,1-3H3,(H,29,32)(H,28,30,33)/b27-21-. The lowest BCUT2D eigenvalue weighted by atomic mass is 10.1. The van der Waals surface area contributed by atoms with E-state index in [2.05, 4.69) is 20.6 Å². The lowest BCUT2D eigenvalue weighted by Crippen LogP contribution is -2.23. The number of nitrogens with zero attached hydrogens (tertiary/aromatic N) is 3. The predicted molar refractivity (Wildman–Crippen MR) is 134 cm³/mol. The van der Waals surface area contributed by atoms with Gasteiger partial charge in [-0.15, -0.1) is 0 Å². The molecule has 3 aromatic rings. The lowest BCUT2D eigenvalue weighted by Gasteiger charge is -2.16. The van der Waals surface area contributed by atoms with Gasteiger partial charge in [-0.2, -0.15) is 0 Å². The molecular weight excluding hydrogens is 485 g/mol. The highest BCUT2D eigenvalue weighted by atomic mass is 35.5. The first-order chi connectivity index (χ1) is 15.7. The van der Waals surface area contributed by atoms with Crippen LogP contribution in [-0.2, 0) is 0 Å². The molecule has 170 valence electrons. The minimum atomic E-state index is -0.501. The number of rotatable bonds is 5. The molecule has 0 unspecified atom stereocenters. The molecule has 0 atom stereocenters. The van der Waals surface area contributed by atoms with Crippen molar-refractivity contribution in [2.45, 2.75) is 0 Å². The van der Waals surface area contributed by atoms with E-state index in [4.69, 9.17) is 34.8 Å². The van der Waals surface area contributed by atoms with Crippen LogP contribution in [0.2, 0.25) is 15.1 Å². The van der Waals surface area contributed by atoms with Gasteiger partial charge in [0.25, 0.3) is 11.8 Å². The molecule has 0 bridgehead atoms. The first-order valence-electron chi connectivity index (χ1n) is 9.67. The maximum absolute atomic E-state index is 12.9. The van der Waals surface area contributed by atoms with Crippen LogP contribution in [0.5, 0.6) is 0 Å². The second-order valence-corrected chi connectivity index (χ2v) is 8.38. The number of amidine groups is 1. The number of halogens is 3. The fourth-order valence-electron chi connectivity index (χ4n) is 3.06. The molecule has 0 saturated carbocycles. The van der Waals surface area contributed by atoms with E-state index in [-0.39, 0.29) is 21.8 Å². The van der Waals surface area contributed by atoms with Gasteiger partial charge in [0, 0.05) is 37.9 Å². The van der Waals surface area contributed by atoms with Crippen molar-refractivity contribution in [2.75, 3.05) is 31.8 Å². The van der Waals surface area contributed by atoms with E-state index in [0.29, 0.717) is 15.9 Å². The molecule has 3 rings (SSSR count). The second-order valence-electron chi connectivity index (χ2n) is 7.10. The fraction of sp³-hybridized carbons (Fsp3) is 0.130. The quantitative estimate of drug-likeness (QED) is 0.356. The Morgan fingerprint density at radius 3 is 2.18 bits per heavy atom. The summed E-state index contributed by atoms with van der Waals surface area (Å²) < 4.78 is 0. The summed E-state index contributed by atoms with van der Waals surface area (Å²) >= 11 is 18.3. The van der Waals surface area contributed by atoms with Crippen LogP contribution in [0.1, 0.15) is 26.3 Å². The molecule has 7 nitrogen and oxygen atoms in total. The van der Waals surface area contributed by atoms with Gasteiger partial charge in [-0.3, -0.25) is 14.6 Å². The summed E-state index contributed by atoms with van der Waals surface area (Å²) in [6.45, 7) is 0. The van der Waals surface area contributed by atoms with Gasteiger partial charge in [0.15, 0.2) is 0 Å². The molecule has 1 heterocycles. The minimum Gasteiger partial charge on any atom is -0.363 e. The zero-order valence-electron chi connectivity index (χ0n) is 18.0. The normalized spacial score (nSPS) is 11.2. The Hall–Kier alpha value is -3.13. The highest BCUT2D eigenvalue weighted by Gasteiger charge is 2.18. The summed E-state index contributed by atoms with van der Waals surface area (Å²) in [6, 6.07) is 12.8.